The molecule has 0 atom stereocenters. The van der Waals surface area contributed by atoms with Gasteiger partial charge in [0.05, 0.1) is 0 Å². The van der Waals surface area contributed by atoms with Crippen LogP contribution in [-0.2, 0) is 0 Å². The molecule has 0 fully saturated rings. The molecular formula is C23H31N. The Morgan fingerprint density at radius 2 is 1.21 bits per heavy atom. The van der Waals surface area contributed by atoms with E-state index in [0.717, 1.165) is 17.1 Å². The highest BCUT2D eigenvalue weighted by Gasteiger charge is 2.10. The monoisotopic (exact) mass is 321 g/mol. The van der Waals surface area contributed by atoms with Gasteiger partial charge >= 0.3 is 0 Å². The van der Waals surface area contributed by atoms with Gasteiger partial charge in [-0.1, -0.05) is 82.8 Å². The van der Waals surface area contributed by atoms with Gasteiger partial charge in [0.2, 0.25) is 0 Å². The van der Waals surface area contributed by atoms with Gasteiger partial charge in [0.25, 0.3) is 0 Å². The Morgan fingerprint density at radius 1 is 0.792 bits per heavy atom. The Morgan fingerprint density at radius 3 is 1.54 bits per heavy atom. The van der Waals surface area contributed by atoms with Crippen LogP contribution in [0.1, 0.15) is 34.6 Å². The molecule has 0 saturated heterocycles. The van der Waals surface area contributed by atoms with Crippen molar-refractivity contribution in [1.29, 1.82) is 0 Å². The van der Waals surface area contributed by atoms with Crippen LogP contribution in [0.3, 0.4) is 0 Å². The highest BCUT2D eigenvalue weighted by molar-refractivity contribution is 5.70. The maximum absolute atomic E-state index is 3.94. The van der Waals surface area contributed by atoms with Crippen LogP contribution < -0.4 is 4.90 Å². The molecule has 24 heavy (non-hydrogen) atoms. The summed E-state index contributed by atoms with van der Waals surface area (Å²) in [5.41, 5.74) is 3.28. The van der Waals surface area contributed by atoms with E-state index in [2.05, 4.69) is 41.8 Å². The summed E-state index contributed by atoms with van der Waals surface area (Å²) in [7, 11) is 0. The van der Waals surface area contributed by atoms with Crippen molar-refractivity contribution in [1.82, 2.24) is 0 Å². The SMILES string of the molecule is C=C/C(=C\C=C/C)N(c1ccccc1)c1ccccc1.CC.CC. The first-order valence-electron chi connectivity index (χ1n) is 8.72. The molecule has 0 aliphatic heterocycles. The lowest BCUT2D eigenvalue weighted by Gasteiger charge is -2.26. The number of rotatable bonds is 5. The largest absolute Gasteiger partial charge is 0.311 e. The van der Waals surface area contributed by atoms with Crippen molar-refractivity contribution < 1.29 is 0 Å². The number of hydrogen-bond donors (Lipinski definition) is 0. The van der Waals surface area contributed by atoms with E-state index in [4.69, 9.17) is 0 Å². The summed E-state index contributed by atoms with van der Waals surface area (Å²) in [5, 5.41) is 0. The highest BCUT2D eigenvalue weighted by Crippen LogP contribution is 2.29. The lowest BCUT2D eigenvalue weighted by molar-refractivity contribution is 1.21. The van der Waals surface area contributed by atoms with Crippen LogP contribution in [0.15, 0.2) is 97.2 Å². The Balaban J connectivity index is 0.00000123. The lowest BCUT2D eigenvalue weighted by atomic mass is 10.2. The number of benzene rings is 2. The fourth-order valence-corrected chi connectivity index (χ4v) is 2.03. The maximum Gasteiger partial charge on any atom is 0.0461 e. The zero-order chi connectivity index (χ0) is 18.2. The minimum atomic E-state index is 1.04. The van der Waals surface area contributed by atoms with Crippen LogP contribution in [0.25, 0.3) is 0 Å². The molecule has 0 aromatic heterocycles. The molecule has 0 N–H and O–H groups in total. The number of nitrogens with zero attached hydrogens (tertiary/aromatic N) is 1. The van der Waals surface area contributed by atoms with Crippen molar-refractivity contribution in [3.8, 4) is 0 Å². The van der Waals surface area contributed by atoms with Gasteiger partial charge in [-0.25, -0.2) is 0 Å². The second kappa shape index (κ2) is 14.1. The second-order valence-electron chi connectivity index (χ2n) is 4.33. The summed E-state index contributed by atoms with van der Waals surface area (Å²) in [5.74, 6) is 0. The van der Waals surface area contributed by atoms with E-state index in [9.17, 15) is 0 Å². The summed E-state index contributed by atoms with van der Waals surface area (Å²) in [4.78, 5) is 2.19. The molecule has 0 aliphatic carbocycles. The van der Waals surface area contributed by atoms with Gasteiger partial charge < -0.3 is 4.90 Å². The first-order valence-corrected chi connectivity index (χ1v) is 8.72. The van der Waals surface area contributed by atoms with Crippen molar-refractivity contribution in [2.45, 2.75) is 34.6 Å². The molecule has 0 amide bonds. The van der Waals surface area contributed by atoms with Gasteiger partial charge in [0.1, 0.15) is 0 Å². The van der Waals surface area contributed by atoms with Gasteiger partial charge in [0.15, 0.2) is 0 Å². The Labute approximate surface area is 148 Å². The highest BCUT2D eigenvalue weighted by atomic mass is 15.1. The molecule has 0 bridgehead atoms. The normalized spacial score (nSPS) is 10.1. The molecule has 128 valence electrons. The van der Waals surface area contributed by atoms with Crippen molar-refractivity contribution in [2.75, 3.05) is 4.90 Å². The molecule has 2 aromatic rings. The van der Waals surface area contributed by atoms with Gasteiger partial charge in [-0.2, -0.15) is 0 Å². The average Bonchev–Trinajstić information content (AvgIpc) is 2.69. The third-order valence-electron chi connectivity index (χ3n) is 2.96. The number of anilines is 2. The van der Waals surface area contributed by atoms with Gasteiger partial charge in [-0.3, -0.25) is 0 Å². The van der Waals surface area contributed by atoms with Crippen molar-refractivity contribution in [3.63, 3.8) is 0 Å². The standard InChI is InChI=1S/C19H19N.2C2H6/c1-3-5-12-17(4-2)20(18-13-8-6-9-14-18)19-15-10-7-11-16-19;2*1-2/h3-16H,2H2,1H3;2*1-2H3/b5-3-,17-12+;;. The van der Waals surface area contributed by atoms with E-state index < -0.39 is 0 Å². The number of allylic oxidation sites excluding steroid dienone is 4. The minimum absolute atomic E-state index is 1.04. The van der Waals surface area contributed by atoms with Gasteiger partial charge in [-0.05, 0) is 43.3 Å². The zero-order valence-corrected chi connectivity index (χ0v) is 15.7. The molecule has 0 radical (unpaired) electrons. The molecular weight excluding hydrogens is 290 g/mol. The summed E-state index contributed by atoms with van der Waals surface area (Å²) in [6, 6.07) is 20.6. The van der Waals surface area contributed by atoms with E-state index in [1.165, 1.54) is 0 Å². The van der Waals surface area contributed by atoms with E-state index in [1.807, 2.05) is 89.2 Å². The first kappa shape index (κ1) is 21.5. The predicted octanol–water partition coefficient (Wildman–Crippen LogP) is 7.52. The van der Waals surface area contributed by atoms with Crippen LogP contribution in [0.4, 0.5) is 11.4 Å². The Bertz CT molecular complexity index is 555. The third-order valence-corrected chi connectivity index (χ3v) is 2.96. The number of hydrogen-bond acceptors (Lipinski definition) is 1. The molecule has 1 heteroatoms. The maximum atomic E-state index is 3.94. The van der Waals surface area contributed by atoms with E-state index in [0.29, 0.717) is 0 Å². The van der Waals surface area contributed by atoms with Crippen LogP contribution in [0.2, 0.25) is 0 Å². The van der Waals surface area contributed by atoms with Crippen LogP contribution in [0, 0.1) is 0 Å². The van der Waals surface area contributed by atoms with E-state index in [1.54, 1.807) is 0 Å². The van der Waals surface area contributed by atoms with Crippen molar-refractivity contribution >= 4 is 11.4 Å². The predicted molar refractivity (Wildman–Crippen MR) is 111 cm³/mol. The van der Waals surface area contributed by atoms with Gasteiger partial charge in [-0.15, -0.1) is 0 Å². The third kappa shape index (κ3) is 6.70. The van der Waals surface area contributed by atoms with E-state index in [-0.39, 0.29) is 0 Å². The molecule has 0 unspecified atom stereocenters. The molecule has 0 heterocycles. The average molecular weight is 322 g/mol. The van der Waals surface area contributed by atoms with Crippen LogP contribution in [-0.4, -0.2) is 0 Å². The lowest BCUT2D eigenvalue weighted by Crippen LogP contribution is -2.14. The van der Waals surface area contributed by atoms with Crippen molar-refractivity contribution in [2.24, 2.45) is 0 Å². The number of para-hydroxylation sites is 2. The quantitative estimate of drug-likeness (QED) is 0.515. The summed E-state index contributed by atoms with van der Waals surface area (Å²) >= 11 is 0. The molecule has 0 aliphatic rings. The Kier molecular flexibility index (Phi) is 12.6. The summed E-state index contributed by atoms with van der Waals surface area (Å²) < 4.78 is 0. The summed E-state index contributed by atoms with van der Waals surface area (Å²) in [6.07, 6.45) is 7.97. The molecule has 0 spiro atoms. The smallest absolute Gasteiger partial charge is 0.0461 e. The van der Waals surface area contributed by atoms with Crippen LogP contribution in [0.5, 0.6) is 0 Å². The second-order valence-corrected chi connectivity index (χ2v) is 4.33. The molecule has 2 rings (SSSR count). The Hall–Kier alpha value is -2.54. The van der Waals surface area contributed by atoms with E-state index >= 15 is 0 Å². The van der Waals surface area contributed by atoms with Crippen molar-refractivity contribution in [3.05, 3.63) is 97.2 Å². The fraction of sp³-hybridized carbons (Fsp3) is 0.217. The minimum Gasteiger partial charge on any atom is -0.311 e. The summed E-state index contributed by atoms with van der Waals surface area (Å²) in [6.45, 7) is 13.9. The molecule has 0 saturated carbocycles. The molecule has 2 aromatic carbocycles. The fourth-order valence-electron chi connectivity index (χ4n) is 2.03. The van der Waals surface area contributed by atoms with Gasteiger partial charge in [0, 0.05) is 17.1 Å². The van der Waals surface area contributed by atoms with Crippen LogP contribution >= 0.6 is 0 Å². The topological polar surface area (TPSA) is 3.24 Å². The molecule has 1 nitrogen and oxygen atoms in total. The first-order chi connectivity index (χ1) is 11.9. The zero-order valence-electron chi connectivity index (χ0n) is 15.7.